The summed E-state index contributed by atoms with van der Waals surface area (Å²) in [6.45, 7) is 6.81. The zero-order valence-electron chi connectivity index (χ0n) is 10.5. The molecule has 1 aliphatic rings. The van der Waals surface area contributed by atoms with Gasteiger partial charge >= 0.3 is 0 Å². The van der Waals surface area contributed by atoms with E-state index in [2.05, 4.69) is 18.7 Å². The van der Waals surface area contributed by atoms with Crippen molar-refractivity contribution in [3.8, 4) is 0 Å². The van der Waals surface area contributed by atoms with E-state index in [0.717, 1.165) is 18.7 Å². The number of hydrogen-bond donors (Lipinski definition) is 1. The molecule has 2 atom stereocenters. The maximum absolute atomic E-state index is 10.3. The highest BCUT2D eigenvalue weighted by Gasteiger charge is 2.28. The summed E-state index contributed by atoms with van der Waals surface area (Å²) in [6.07, 6.45) is -0.647. The molecule has 1 heterocycles. The quantitative estimate of drug-likeness (QED) is 0.867. The van der Waals surface area contributed by atoms with Gasteiger partial charge in [-0.25, -0.2) is 0 Å². The van der Waals surface area contributed by atoms with E-state index in [9.17, 15) is 5.11 Å². The number of aliphatic hydroxyl groups excluding tert-OH is 1. The molecule has 0 spiro atoms. The zero-order chi connectivity index (χ0) is 12.3. The van der Waals surface area contributed by atoms with Gasteiger partial charge in [0, 0.05) is 19.1 Å². The molecule has 3 nitrogen and oxygen atoms in total. The van der Waals surface area contributed by atoms with Crippen molar-refractivity contribution in [3.63, 3.8) is 0 Å². The SMILES string of the molecule is CC(C)N1CCOC(C(O)c2ccccc2)C1. The first-order valence-electron chi connectivity index (χ1n) is 6.27. The second-order valence-corrected chi connectivity index (χ2v) is 4.85. The fraction of sp³-hybridized carbons (Fsp3) is 0.571. The molecule has 0 radical (unpaired) electrons. The Morgan fingerprint density at radius 2 is 2.00 bits per heavy atom. The van der Waals surface area contributed by atoms with Crippen LogP contribution in [-0.4, -0.2) is 41.8 Å². The Balaban J connectivity index is 2.02. The Hall–Kier alpha value is -0.900. The minimum absolute atomic E-state index is 0.117. The lowest BCUT2D eigenvalue weighted by molar-refractivity contribution is -0.0961. The Kier molecular flexibility index (Phi) is 4.15. The van der Waals surface area contributed by atoms with Crippen molar-refractivity contribution in [1.29, 1.82) is 0 Å². The van der Waals surface area contributed by atoms with Crippen molar-refractivity contribution in [3.05, 3.63) is 35.9 Å². The molecule has 1 N–H and O–H groups in total. The number of ether oxygens (including phenoxy) is 1. The van der Waals surface area contributed by atoms with Crippen molar-refractivity contribution in [1.82, 2.24) is 4.90 Å². The summed E-state index contributed by atoms with van der Waals surface area (Å²) >= 11 is 0. The van der Waals surface area contributed by atoms with Crippen LogP contribution in [0.3, 0.4) is 0 Å². The molecule has 0 saturated carbocycles. The highest BCUT2D eigenvalue weighted by atomic mass is 16.5. The smallest absolute Gasteiger partial charge is 0.106 e. The monoisotopic (exact) mass is 235 g/mol. The van der Waals surface area contributed by atoms with Crippen LogP contribution in [0.4, 0.5) is 0 Å². The van der Waals surface area contributed by atoms with Gasteiger partial charge in [0.25, 0.3) is 0 Å². The largest absolute Gasteiger partial charge is 0.386 e. The van der Waals surface area contributed by atoms with Crippen molar-refractivity contribution >= 4 is 0 Å². The summed E-state index contributed by atoms with van der Waals surface area (Å²) in [5.74, 6) is 0. The Bertz CT molecular complexity index is 339. The molecular weight excluding hydrogens is 214 g/mol. The number of hydrogen-bond acceptors (Lipinski definition) is 3. The van der Waals surface area contributed by atoms with Crippen molar-refractivity contribution in [2.24, 2.45) is 0 Å². The van der Waals surface area contributed by atoms with Crippen LogP contribution in [0.25, 0.3) is 0 Å². The topological polar surface area (TPSA) is 32.7 Å². The van der Waals surface area contributed by atoms with E-state index in [-0.39, 0.29) is 6.10 Å². The van der Waals surface area contributed by atoms with Gasteiger partial charge in [0.15, 0.2) is 0 Å². The summed E-state index contributed by atoms with van der Waals surface area (Å²) in [4.78, 5) is 2.35. The zero-order valence-corrected chi connectivity index (χ0v) is 10.5. The standard InChI is InChI=1S/C14H21NO2/c1-11(2)15-8-9-17-13(10-15)14(16)12-6-4-3-5-7-12/h3-7,11,13-14,16H,8-10H2,1-2H3. The molecule has 1 saturated heterocycles. The van der Waals surface area contributed by atoms with Crippen LogP contribution in [0.5, 0.6) is 0 Å². The molecule has 1 fully saturated rings. The fourth-order valence-electron chi connectivity index (χ4n) is 2.22. The van der Waals surface area contributed by atoms with Gasteiger partial charge in [0.2, 0.25) is 0 Å². The molecular formula is C14H21NO2. The van der Waals surface area contributed by atoms with Crippen LogP contribution >= 0.6 is 0 Å². The highest BCUT2D eigenvalue weighted by molar-refractivity contribution is 5.18. The normalized spacial score (nSPS) is 23.9. The Morgan fingerprint density at radius 1 is 1.29 bits per heavy atom. The van der Waals surface area contributed by atoms with Gasteiger partial charge in [0.1, 0.15) is 12.2 Å². The lowest BCUT2D eigenvalue weighted by atomic mass is 10.0. The van der Waals surface area contributed by atoms with Gasteiger partial charge < -0.3 is 9.84 Å². The number of benzene rings is 1. The van der Waals surface area contributed by atoms with Gasteiger partial charge in [-0.1, -0.05) is 30.3 Å². The average molecular weight is 235 g/mol. The van der Waals surface area contributed by atoms with Crippen LogP contribution in [0.2, 0.25) is 0 Å². The highest BCUT2D eigenvalue weighted by Crippen LogP contribution is 2.22. The van der Waals surface area contributed by atoms with Gasteiger partial charge in [-0.2, -0.15) is 0 Å². The van der Waals surface area contributed by atoms with Crippen LogP contribution in [0.15, 0.2) is 30.3 Å². The van der Waals surface area contributed by atoms with Crippen molar-refractivity contribution in [2.45, 2.75) is 32.1 Å². The molecule has 0 aliphatic carbocycles. The first-order chi connectivity index (χ1) is 8.18. The molecule has 0 aromatic heterocycles. The predicted octanol–water partition coefficient (Wildman–Crippen LogP) is 1.83. The molecule has 1 aliphatic heterocycles. The summed E-state index contributed by atoms with van der Waals surface area (Å²) in [5.41, 5.74) is 0.933. The lowest BCUT2D eigenvalue weighted by Gasteiger charge is -2.37. The molecule has 2 unspecified atom stereocenters. The third-order valence-electron chi connectivity index (χ3n) is 3.35. The van der Waals surface area contributed by atoms with E-state index in [4.69, 9.17) is 4.74 Å². The third-order valence-corrected chi connectivity index (χ3v) is 3.35. The number of morpholine rings is 1. The molecule has 3 heteroatoms. The molecule has 1 aromatic carbocycles. The van der Waals surface area contributed by atoms with Gasteiger partial charge in [0.05, 0.1) is 6.61 Å². The first kappa shape index (κ1) is 12.6. The van der Waals surface area contributed by atoms with Gasteiger partial charge in [-0.15, -0.1) is 0 Å². The third kappa shape index (κ3) is 3.06. The molecule has 2 rings (SSSR count). The molecule has 0 bridgehead atoms. The van der Waals surface area contributed by atoms with Crippen LogP contribution in [-0.2, 0) is 4.74 Å². The van der Waals surface area contributed by atoms with E-state index < -0.39 is 6.10 Å². The molecule has 94 valence electrons. The van der Waals surface area contributed by atoms with Crippen molar-refractivity contribution in [2.75, 3.05) is 19.7 Å². The van der Waals surface area contributed by atoms with Crippen molar-refractivity contribution < 1.29 is 9.84 Å². The van der Waals surface area contributed by atoms with E-state index in [0.29, 0.717) is 12.6 Å². The van der Waals surface area contributed by atoms with E-state index >= 15 is 0 Å². The van der Waals surface area contributed by atoms with E-state index in [1.165, 1.54) is 0 Å². The van der Waals surface area contributed by atoms with Gasteiger partial charge in [-0.05, 0) is 19.4 Å². The summed E-state index contributed by atoms with van der Waals surface area (Å²) < 4.78 is 5.68. The Morgan fingerprint density at radius 3 is 2.65 bits per heavy atom. The number of aliphatic hydroxyl groups is 1. The predicted molar refractivity (Wildman–Crippen MR) is 67.9 cm³/mol. The fourth-order valence-corrected chi connectivity index (χ4v) is 2.22. The Labute approximate surface area is 103 Å². The summed E-state index contributed by atoms with van der Waals surface area (Å²) in [5, 5.41) is 10.3. The van der Waals surface area contributed by atoms with Crippen LogP contribution < -0.4 is 0 Å². The summed E-state index contributed by atoms with van der Waals surface area (Å²) in [6, 6.07) is 10.2. The number of rotatable bonds is 3. The molecule has 1 aromatic rings. The van der Waals surface area contributed by atoms with Gasteiger partial charge in [-0.3, -0.25) is 4.90 Å². The minimum atomic E-state index is -0.530. The molecule has 17 heavy (non-hydrogen) atoms. The molecule has 0 amide bonds. The second-order valence-electron chi connectivity index (χ2n) is 4.85. The van der Waals surface area contributed by atoms with E-state index in [1.807, 2.05) is 30.3 Å². The first-order valence-corrected chi connectivity index (χ1v) is 6.27. The van der Waals surface area contributed by atoms with Crippen LogP contribution in [0.1, 0.15) is 25.5 Å². The average Bonchev–Trinajstić information content (AvgIpc) is 2.39. The van der Waals surface area contributed by atoms with E-state index in [1.54, 1.807) is 0 Å². The maximum atomic E-state index is 10.3. The van der Waals surface area contributed by atoms with Crippen LogP contribution in [0, 0.1) is 0 Å². The lowest BCUT2D eigenvalue weighted by Crippen LogP contribution is -2.47. The minimum Gasteiger partial charge on any atom is -0.386 e. The number of nitrogens with zero attached hydrogens (tertiary/aromatic N) is 1. The second kappa shape index (κ2) is 5.63. The maximum Gasteiger partial charge on any atom is 0.106 e. The summed E-state index contributed by atoms with van der Waals surface area (Å²) in [7, 11) is 0.